The number of amides is 2. The Hall–Kier alpha value is -2.88. The molecule has 0 bridgehead atoms. The first-order valence-corrected chi connectivity index (χ1v) is 6.81. The number of nitrogens with zero attached hydrogens (tertiary/aromatic N) is 1. The number of aliphatic carboxylic acids is 1. The van der Waals surface area contributed by atoms with Gasteiger partial charge in [-0.2, -0.15) is 5.26 Å². The summed E-state index contributed by atoms with van der Waals surface area (Å²) in [6.45, 7) is 0. The first kappa shape index (κ1) is 15.5. The van der Waals surface area contributed by atoms with Gasteiger partial charge in [0.2, 0.25) is 11.8 Å². The molecular formula is C15H15N3O4. The third-order valence-electron chi connectivity index (χ3n) is 3.42. The molecule has 1 aromatic carbocycles. The van der Waals surface area contributed by atoms with Gasteiger partial charge in [0.15, 0.2) is 0 Å². The maximum Gasteiger partial charge on any atom is 0.326 e. The molecule has 2 atom stereocenters. The lowest BCUT2D eigenvalue weighted by molar-refractivity contribution is -0.142. The molecule has 0 unspecified atom stereocenters. The smallest absolute Gasteiger partial charge is 0.326 e. The van der Waals surface area contributed by atoms with Gasteiger partial charge in [0.25, 0.3) is 0 Å². The van der Waals surface area contributed by atoms with Gasteiger partial charge in [0.1, 0.15) is 12.1 Å². The molecular weight excluding hydrogens is 286 g/mol. The van der Waals surface area contributed by atoms with Gasteiger partial charge in [-0.05, 0) is 24.1 Å². The van der Waals surface area contributed by atoms with Crippen LogP contribution in [0.15, 0.2) is 24.3 Å². The van der Waals surface area contributed by atoms with Gasteiger partial charge >= 0.3 is 5.97 Å². The molecule has 3 N–H and O–H groups in total. The zero-order valence-electron chi connectivity index (χ0n) is 11.7. The van der Waals surface area contributed by atoms with E-state index in [1.807, 2.05) is 6.07 Å². The molecule has 0 aliphatic carbocycles. The van der Waals surface area contributed by atoms with Crippen molar-refractivity contribution in [2.75, 3.05) is 0 Å². The monoisotopic (exact) mass is 301 g/mol. The number of rotatable bonds is 5. The molecule has 2 amide bonds. The fourth-order valence-corrected chi connectivity index (χ4v) is 2.29. The average Bonchev–Trinajstić information content (AvgIpc) is 2.93. The summed E-state index contributed by atoms with van der Waals surface area (Å²) in [5.74, 6) is -1.89. The fraction of sp³-hybridized carbons (Fsp3) is 0.333. The van der Waals surface area contributed by atoms with Crippen molar-refractivity contribution in [3.63, 3.8) is 0 Å². The topological polar surface area (TPSA) is 119 Å². The summed E-state index contributed by atoms with van der Waals surface area (Å²) >= 11 is 0. The first-order chi connectivity index (χ1) is 10.5. The zero-order valence-corrected chi connectivity index (χ0v) is 11.7. The van der Waals surface area contributed by atoms with Crippen LogP contribution in [-0.2, 0) is 20.8 Å². The normalized spacial score (nSPS) is 18.1. The van der Waals surface area contributed by atoms with Gasteiger partial charge < -0.3 is 15.7 Å². The maximum atomic E-state index is 12.0. The highest BCUT2D eigenvalue weighted by Crippen LogP contribution is 2.10. The van der Waals surface area contributed by atoms with Gasteiger partial charge in [-0.25, -0.2) is 4.79 Å². The minimum Gasteiger partial charge on any atom is -0.480 e. The van der Waals surface area contributed by atoms with Gasteiger partial charge in [0.05, 0.1) is 11.6 Å². The molecule has 1 heterocycles. The van der Waals surface area contributed by atoms with E-state index >= 15 is 0 Å². The van der Waals surface area contributed by atoms with E-state index in [0.717, 1.165) is 0 Å². The number of carboxylic acids is 1. The highest BCUT2D eigenvalue weighted by Gasteiger charge is 2.30. The van der Waals surface area contributed by atoms with E-state index in [-0.39, 0.29) is 18.7 Å². The van der Waals surface area contributed by atoms with Crippen molar-refractivity contribution in [3.05, 3.63) is 35.4 Å². The van der Waals surface area contributed by atoms with Crippen molar-refractivity contribution in [2.24, 2.45) is 0 Å². The summed E-state index contributed by atoms with van der Waals surface area (Å²) < 4.78 is 0. The lowest BCUT2D eigenvalue weighted by atomic mass is 10.0. The van der Waals surface area contributed by atoms with E-state index in [9.17, 15) is 19.5 Å². The SMILES string of the molecule is N#Cc1cccc(C[C@@H](NC(=O)[C@@H]2CCC(=O)N2)C(=O)O)c1. The third-order valence-corrected chi connectivity index (χ3v) is 3.42. The van der Waals surface area contributed by atoms with Gasteiger partial charge in [-0.3, -0.25) is 9.59 Å². The molecule has 1 saturated heterocycles. The second-order valence-electron chi connectivity index (χ2n) is 5.07. The standard InChI is InChI=1S/C15H15N3O4/c16-8-10-3-1-2-9(6-10)7-12(15(21)22)18-14(20)11-4-5-13(19)17-11/h1-3,6,11-12H,4-5,7H2,(H,17,19)(H,18,20)(H,21,22)/t11-,12+/m0/s1. The van der Waals surface area contributed by atoms with Crippen LogP contribution in [0.2, 0.25) is 0 Å². The van der Waals surface area contributed by atoms with Gasteiger partial charge in [0, 0.05) is 12.8 Å². The summed E-state index contributed by atoms with van der Waals surface area (Å²) in [6.07, 6.45) is 0.693. The van der Waals surface area contributed by atoms with Crippen molar-refractivity contribution in [1.82, 2.24) is 10.6 Å². The quantitative estimate of drug-likeness (QED) is 0.704. The van der Waals surface area contributed by atoms with E-state index in [0.29, 0.717) is 17.5 Å². The van der Waals surface area contributed by atoms with E-state index in [2.05, 4.69) is 10.6 Å². The van der Waals surface area contributed by atoms with Gasteiger partial charge in [-0.1, -0.05) is 12.1 Å². The molecule has 7 nitrogen and oxygen atoms in total. The Morgan fingerprint density at radius 1 is 1.50 bits per heavy atom. The van der Waals surface area contributed by atoms with E-state index in [1.54, 1.807) is 24.3 Å². The Balaban J connectivity index is 2.03. The van der Waals surface area contributed by atoms with Crippen LogP contribution in [-0.4, -0.2) is 35.0 Å². The van der Waals surface area contributed by atoms with Crippen LogP contribution in [0.1, 0.15) is 24.0 Å². The van der Waals surface area contributed by atoms with Crippen LogP contribution in [0.3, 0.4) is 0 Å². The number of carbonyl (C=O) groups is 3. The highest BCUT2D eigenvalue weighted by atomic mass is 16.4. The predicted octanol–water partition coefficient (Wildman–Crippen LogP) is -0.0512. The van der Waals surface area contributed by atoms with Crippen molar-refractivity contribution < 1.29 is 19.5 Å². The van der Waals surface area contributed by atoms with Crippen LogP contribution >= 0.6 is 0 Å². The summed E-state index contributed by atoms with van der Waals surface area (Å²) in [5.41, 5.74) is 1.07. The van der Waals surface area contributed by atoms with E-state index < -0.39 is 24.0 Å². The molecule has 0 radical (unpaired) electrons. The van der Waals surface area contributed by atoms with Crippen LogP contribution in [0.25, 0.3) is 0 Å². The lowest BCUT2D eigenvalue weighted by Gasteiger charge is -2.17. The number of carboxylic acid groups (broad SMARTS) is 1. The molecule has 0 saturated carbocycles. The number of carbonyl (C=O) groups excluding carboxylic acids is 2. The number of hydrogen-bond donors (Lipinski definition) is 3. The Morgan fingerprint density at radius 3 is 2.86 bits per heavy atom. The molecule has 1 aromatic rings. The third kappa shape index (κ3) is 3.82. The molecule has 1 fully saturated rings. The number of nitrogens with one attached hydrogen (secondary N) is 2. The summed E-state index contributed by atoms with van der Waals surface area (Å²) in [5, 5.41) is 23.0. The zero-order chi connectivity index (χ0) is 16.1. The number of nitriles is 1. The first-order valence-electron chi connectivity index (χ1n) is 6.81. The minimum atomic E-state index is -1.17. The number of benzene rings is 1. The van der Waals surface area contributed by atoms with Crippen LogP contribution in [0.4, 0.5) is 0 Å². The Bertz CT molecular complexity index is 650. The number of hydrogen-bond acceptors (Lipinski definition) is 4. The lowest BCUT2D eigenvalue weighted by Crippen LogP contribution is -2.49. The van der Waals surface area contributed by atoms with Crippen LogP contribution in [0, 0.1) is 11.3 Å². The van der Waals surface area contributed by atoms with Crippen molar-refractivity contribution in [1.29, 1.82) is 5.26 Å². The Labute approximate surface area is 126 Å². The highest BCUT2D eigenvalue weighted by molar-refractivity contribution is 5.92. The molecule has 0 spiro atoms. The Kier molecular flexibility index (Phi) is 4.73. The molecule has 7 heteroatoms. The van der Waals surface area contributed by atoms with E-state index in [4.69, 9.17) is 5.26 Å². The molecule has 2 rings (SSSR count). The van der Waals surface area contributed by atoms with Crippen molar-refractivity contribution in [2.45, 2.75) is 31.3 Å². The summed E-state index contributed by atoms with van der Waals surface area (Å²) in [4.78, 5) is 34.4. The Morgan fingerprint density at radius 2 is 2.27 bits per heavy atom. The summed E-state index contributed by atoms with van der Waals surface area (Å²) in [6, 6.07) is 6.74. The summed E-state index contributed by atoms with van der Waals surface area (Å²) in [7, 11) is 0. The predicted molar refractivity (Wildman–Crippen MR) is 75.6 cm³/mol. The largest absolute Gasteiger partial charge is 0.480 e. The maximum absolute atomic E-state index is 12.0. The molecule has 114 valence electrons. The molecule has 22 heavy (non-hydrogen) atoms. The van der Waals surface area contributed by atoms with Crippen molar-refractivity contribution >= 4 is 17.8 Å². The van der Waals surface area contributed by atoms with Crippen LogP contribution in [0.5, 0.6) is 0 Å². The van der Waals surface area contributed by atoms with Gasteiger partial charge in [-0.15, -0.1) is 0 Å². The second kappa shape index (κ2) is 6.72. The second-order valence-corrected chi connectivity index (χ2v) is 5.07. The minimum absolute atomic E-state index is 0.0667. The molecule has 1 aliphatic rings. The molecule has 0 aromatic heterocycles. The average molecular weight is 301 g/mol. The van der Waals surface area contributed by atoms with Crippen LogP contribution < -0.4 is 10.6 Å². The molecule has 1 aliphatic heterocycles. The van der Waals surface area contributed by atoms with Crippen molar-refractivity contribution in [3.8, 4) is 6.07 Å². The fourth-order valence-electron chi connectivity index (χ4n) is 2.29. The van der Waals surface area contributed by atoms with E-state index in [1.165, 1.54) is 0 Å².